The summed E-state index contributed by atoms with van der Waals surface area (Å²) >= 11 is 0. The molecule has 178 valence electrons. The van der Waals surface area contributed by atoms with Crippen molar-refractivity contribution in [3.63, 3.8) is 0 Å². The molecule has 0 spiro atoms. The van der Waals surface area contributed by atoms with Crippen LogP contribution in [0.1, 0.15) is 12.8 Å². The van der Waals surface area contributed by atoms with Crippen molar-refractivity contribution in [2.45, 2.75) is 22.6 Å². The van der Waals surface area contributed by atoms with Crippen LogP contribution >= 0.6 is 0 Å². The molecule has 0 amide bonds. The molecule has 4 aliphatic carbocycles. The van der Waals surface area contributed by atoms with Crippen LogP contribution in [0.25, 0.3) is 0 Å². The summed E-state index contributed by atoms with van der Waals surface area (Å²) in [5, 5.41) is 0. The van der Waals surface area contributed by atoms with Gasteiger partial charge in [0.15, 0.2) is 19.7 Å². The molecule has 0 aliphatic heterocycles. The second-order valence-electron chi connectivity index (χ2n) is 10.4. The normalized spacial score (nSPS) is 35.2. The van der Waals surface area contributed by atoms with Crippen LogP contribution in [-0.4, -0.2) is 28.3 Å². The summed E-state index contributed by atoms with van der Waals surface area (Å²) in [4.78, 5) is 0.820. The van der Waals surface area contributed by atoms with Crippen LogP contribution in [0.3, 0.4) is 0 Å². The molecular weight excluding hydrogens is 464 g/mol. The fourth-order valence-corrected chi connectivity index (χ4v) is 10.4. The van der Waals surface area contributed by atoms with Crippen molar-refractivity contribution in [3.8, 4) is 0 Å². The van der Waals surface area contributed by atoms with Gasteiger partial charge in [-0.1, -0.05) is 60.7 Å². The van der Waals surface area contributed by atoms with Gasteiger partial charge in [-0.2, -0.15) is 0 Å². The van der Waals surface area contributed by atoms with Gasteiger partial charge in [-0.05, 0) is 84.5 Å². The maximum atomic E-state index is 12.9. The molecule has 0 radical (unpaired) electrons. The first-order valence-electron chi connectivity index (χ1n) is 12.3. The average Bonchev–Trinajstić information content (AvgIpc) is 3.58. The molecule has 0 saturated heterocycles. The largest absolute Gasteiger partial charge is 0.224 e. The Hall–Kier alpha value is -2.18. The number of hydrogen-bond acceptors (Lipinski definition) is 4. The summed E-state index contributed by atoms with van der Waals surface area (Å²) in [6.07, 6.45) is 10.7. The van der Waals surface area contributed by atoms with Crippen molar-refractivity contribution >= 4 is 19.7 Å². The lowest BCUT2D eigenvalue weighted by atomic mass is 9.81. The van der Waals surface area contributed by atoms with E-state index in [1.165, 1.54) is 0 Å². The molecule has 4 aliphatic rings. The molecule has 2 aromatic carbocycles. The van der Waals surface area contributed by atoms with Crippen molar-refractivity contribution in [1.82, 2.24) is 0 Å². The van der Waals surface area contributed by atoms with E-state index in [2.05, 4.69) is 24.3 Å². The van der Waals surface area contributed by atoms with Crippen molar-refractivity contribution in [2.24, 2.45) is 47.3 Å². The van der Waals surface area contributed by atoms with Crippen LogP contribution in [0.5, 0.6) is 0 Å². The van der Waals surface area contributed by atoms with E-state index in [9.17, 15) is 16.8 Å². The van der Waals surface area contributed by atoms with Crippen LogP contribution in [-0.2, 0) is 19.7 Å². The molecule has 6 rings (SSSR count). The topological polar surface area (TPSA) is 68.3 Å². The molecule has 34 heavy (non-hydrogen) atoms. The third kappa shape index (κ3) is 3.53. The lowest BCUT2D eigenvalue weighted by Gasteiger charge is -2.25. The fraction of sp³-hybridized carbons (Fsp3) is 0.429. The minimum Gasteiger partial charge on any atom is -0.224 e. The molecule has 6 heteroatoms. The Morgan fingerprint density at radius 1 is 0.500 bits per heavy atom. The van der Waals surface area contributed by atoms with E-state index in [1.807, 2.05) is 12.1 Å². The maximum absolute atomic E-state index is 12.9. The van der Waals surface area contributed by atoms with Crippen LogP contribution in [0.2, 0.25) is 0 Å². The first-order valence-corrected chi connectivity index (χ1v) is 15.6. The Balaban J connectivity index is 1.16. The smallest absolute Gasteiger partial charge is 0.178 e. The molecule has 8 atom stereocenters. The standard InChI is InChI=1S/C28H30O4S2/c29-33(30,19-7-3-1-4-8-19)17-15-21-23-11-13-25-22(26-14-12-24(21)28(26)27(23)25)16-18-34(31,32)20-9-5-2-6-10-20/h1-14,21-28H,15-18H2/t21?,22?,23-,24+,25+,26-,27?,28?. The Morgan fingerprint density at radius 2 is 0.824 bits per heavy atom. The van der Waals surface area contributed by atoms with Gasteiger partial charge in [-0.15, -0.1) is 0 Å². The number of rotatable bonds is 8. The zero-order valence-electron chi connectivity index (χ0n) is 19.0. The first kappa shape index (κ1) is 22.3. The highest BCUT2D eigenvalue weighted by atomic mass is 32.2. The van der Waals surface area contributed by atoms with E-state index in [1.54, 1.807) is 48.5 Å². The lowest BCUT2D eigenvalue weighted by Crippen LogP contribution is -2.23. The van der Waals surface area contributed by atoms with Crippen LogP contribution in [0.4, 0.5) is 0 Å². The van der Waals surface area contributed by atoms with Gasteiger partial charge in [-0.25, -0.2) is 16.8 Å². The summed E-state index contributed by atoms with van der Waals surface area (Å²) in [5.74, 6) is 3.77. The fourth-order valence-electron chi connectivity index (χ4n) is 7.64. The molecule has 2 fully saturated rings. The summed E-state index contributed by atoms with van der Waals surface area (Å²) in [7, 11) is -6.57. The average molecular weight is 495 g/mol. The molecule has 2 aromatic rings. The zero-order valence-corrected chi connectivity index (χ0v) is 20.6. The molecule has 0 bridgehead atoms. The Bertz CT molecular complexity index is 1200. The van der Waals surface area contributed by atoms with E-state index in [0.717, 1.165) is 0 Å². The van der Waals surface area contributed by atoms with E-state index < -0.39 is 19.7 Å². The quantitative estimate of drug-likeness (QED) is 0.494. The SMILES string of the molecule is O=S(=O)(CCC1[C@H]2C=C[C@H]3C(CCS(=O)(=O)c4ccccc4)[C@H]4C=C[C@@H]1C4C23)c1ccccc1. The second-order valence-corrected chi connectivity index (χ2v) is 14.6. The van der Waals surface area contributed by atoms with E-state index in [-0.39, 0.29) is 11.5 Å². The Kier molecular flexibility index (Phi) is 5.38. The monoisotopic (exact) mass is 494 g/mol. The first-order chi connectivity index (χ1) is 16.4. The molecule has 0 aromatic heterocycles. The van der Waals surface area contributed by atoms with E-state index >= 15 is 0 Å². The third-order valence-electron chi connectivity index (χ3n) is 8.96. The minimum atomic E-state index is -3.28. The van der Waals surface area contributed by atoms with Gasteiger partial charge in [0, 0.05) is 0 Å². The van der Waals surface area contributed by atoms with Gasteiger partial charge < -0.3 is 0 Å². The van der Waals surface area contributed by atoms with Crippen LogP contribution < -0.4 is 0 Å². The minimum absolute atomic E-state index is 0.184. The number of allylic oxidation sites excluding steroid dienone is 4. The molecular formula is C28H30O4S2. The highest BCUT2D eigenvalue weighted by Gasteiger charge is 2.63. The van der Waals surface area contributed by atoms with Crippen molar-refractivity contribution in [2.75, 3.05) is 11.5 Å². The summed E-state index contributed by atoms with van der Waals surface area (Å²) in [5.41, 5.74) is 0. The van der Waals surface area contributed by atoms with Gasteiger partial charge >= 0.3 is 0 Å². The second kappa shape index (κ2) is 8.20. The predicted octanol–water partition coefficient (Wildman–Crippen LogP) is 4.81. The molecule has 4 unspecified atom stereocenters. The van der Waals surface area contributed by atoms with Gasteiger partial charge in [0.1, 0.15) is 0 Å². The van der Waals surface area contributed by atoms with E-state index in [4.69, 9.17) is 0 Å². The van der Waals surface area contributed by atoms with Crippen LogP contribution in [0.15, 0.2) is 94.8 Å². The summed E-state index contributed by atoms with van der Waals surface area (Å²) in [6.45, 7) is 0. The van der Waals surface area contributed by atoms with Crippen molar-refractivity contribution < 1.29 is 16.8 Å². The van der Waals surface area contributed by atoms with Gasteiger partial charge in [0.2, 0.25) is 0 Å². The van der Waals surface area contributed by atoms with Crippen molar-refractivity contribution in [3.05, 3.63) is 85.0 Å². The van der Waals surface area contributed by atoms with E-state index in [0.29, 0.717) is 70.0 Å². The van der Waals surface area contributed by atoms with Gasteiger partial charge in [0.25, 0.3) is 0 Å². The lowest BCUT2D eigenvalue weighted by molar-refractivity contribution is 0.284. The highest BCUT2D eigenvalue weighted by molar-refractivity contribution is 7.91. The highest BCUT2D eigenvalue weighted by Crippen LogP contribution is 2.68. The summed E-state index contributed by atoms with van der Waals surface area (Å²) in [6, 6.07) is 17.5. The third-order valence-corrected chi connectivity index (χ3v) is 12.5. The molecule has 0 heterocycles. The zero-order chi connectivity index (χ0) is 23.5. The Labute approximate surface area is 202 Å². The molecule has 0 N–H and O–H groups in total. The van der Waals surface area contributed by atoms with Gasteiger partial charge in [0.05, 0.1) is 21.3 Å². The number of benzene rings is 2. The number of hydrogen-bond donors (Lipinski definition) is 0. The van der Waals surface area contributed by atoms with Crippen LogP contribution in [0, 0.1) is 47.3 Å². The predicted molar refractivity (Wildman–Crippen MR) is 132 cm³/mol. The maximum Gasteiger partial charge on any atom is 0.178 e. The van der Waals surface area contributed by atoms with Crippen molar-refractivity contribution in [1.29, 1.82) is 0 Å². The summed E-state index contributed by atoms with van der Waals surface area (Å²) < 4.78 is 51.6. The molecule has 2 saturated carbocycles. The molecule has 4 nitrogen and oxygen atoms in total. The van der Waals surface area contributed by atoms with Gasteiger partial charge in [-0.3, -0.25) is 0 Å². The number of sulfone groups is 2. The Morgan fingerprint density at radius 3 is 1.15 bits per heavy atom.